The van der Waals surface area contributed by atoms with Crippen LogP contribution >= 0.6 is 0 Å². The van der Waals surface area contributed by atoms with Crippen molar-refractivity contribution in [1.82, 2.24) is 0 Å². The first-order valence-corrected chi connectivity index (χ1v) is 8.37. The van der Waals surface area contributed by atoms with E-state index >= 15 is 0 Å². The predicted octanol–water partition coefficient (Wildman–Crippen LogP) is 2.55. The number of ether oxygens (including phenoxy) is 1. The van der Waals surface area contributed by atoms with Crippen molar-refractivity contribution in [2.24, 2.45) is 5.92 Å². The van der Waals surface area contributed by atoms with Crippen LogP contribution in [0.3, 0.4) is 0 Å². The minimum atomic E-state index is -1.99. The third-order valence-corrected chi connectivity index (χ3v) is 5.60. The molecule has 0 saturated carbocycles. The summed E-state index contributed by atoms with van der Waals surface area (Å²) in [6, 6.07) is 1.06. The Bertz CT molecular complexity index is 180. The Morgan fingerprint density at radius 2 is 1.60 bits per heavy atom. The summed E-state index contributed by atoms with van der Waals surface area (Å²) >= 11 is 0. The van der Waals surface area contributed by atoms with Gasteiger partial charge in [-0.15, -0.1) is 0 Å². The third-order valence-electron chi connectivity index (χ3n) is 2.34. The Morgan fingerprint density at radius 1 is 1.13 bits per heavy atom. The maximum absolute atomic E-state index is 6.02. The first kappa shape index (κ1) is 13.2. The molecule has 1 saturated heterocycles. The molecule has 0 N–H and O–H groups in total. The van der Waals surface area contributed by atoms with Gasteiger partial charge in [0.25, 0.3) is 0 Å². The van der Waals surface area contributed by atoms with Gasteiger partial charge in [-0.25, -0.2) is 0 Å². The van der Waals surface area contributed by atoms with Gasteiger partial charge in [-0.05, 0) is 40.3 Å². The molecule has 15 heavy (non-hydrogen) atoms. The van der Waals surface area contributed by atoms with Crippen LogP contribution in [0.25, 0.3) is 0 Å². The second-order valence-electron chi connectivity index (χ2n) is 5.07. The van der Waals surface area contributed by atoms with Gasteiger partial charge in [0, 0.05) is 18.1 Å². The van der Waals surface area contributed by atoms with Crippen LogP contribution in [0.5, 0.6) is 0 Å². The summed E-state index contributed by atoms with van der Waals surface area (Å²) in [6.07, 6.45) is 0.503. The molecular formula is C11H24O3Si. The standard InChI is InChI=1S/C11H24O3Si/c1-9(2)13-15(5,14-10(3)4)8-11-6-12-7-11/h9-11H,6-8H2,1-5H3. The Labute approximate surface area is 94.4 Å². The Hall–Kier alpha value is 0.0969. The molecule has 0 spiro atoms. The van der Waals surface area contributed by atoms with Gasteiger partial charge in [0.15, 0.2) is 0 Å². The van der Waals surface area contributed by atoms with Gasteiger partial charge >= 0.3 is 8.56 Å². The molecule has 1 rings (SSSR count). The van der Waals surface area contributed by atoms with Crippen molar-refractivity contribution in [2.75, 3.05) is 13.2 Å². The van der Waals surface area contributed by atoms with Crippen molar-refractivity contribution in [1.29, 1.82) is 0 Å². The molecular weight excluding hydrogens is 208 g/mol. The lowest BCUT2D eigenvalue weighted by Gasteiger charge is -2.36. The van der Waals surface area contributed by atoms with E-state index < -0.39 is 8.56 Å². The zero-order valence-corrected chi connectivity index (χ0v) is 11.6. The van der Waals surface area contributed by atoms with Crippen molar-refractivity contribution in [3.05, 3.63) is 0 Å². The molecule has 3 nitrogen and oxygen atoms in total. The maximum atomic E-state index is 6.02. The number of rotatable bonds is 6. The Morgan fingerprint density at radius 3 is 1.87 bits per heavy atom. The summed E-state index contributed by atoms with van der Waals surface area (Å²) < 4.78 is 17.2. The molecule has 0 aromatic rings. The van der Waals surface area contributed by atoms with Crippen molar-refractivity contribution in [3.63, 3.8) is 0 Å². The molecule has 90 valence electrons. The van der Waals surface area contributed by atoms with Gasteiger partial charge in [-0.2, -0.15) is 0 Å². The number of hydrogen-bond donors (Lipinski definition) is 0. The molecule has 1 aliphatic rings. The van der Waals surface area contributed by atoms with E-state index in [-0.39, 0.29) is 12.2 Å². The van der Waals surface area contributed by atoms with Crippen molar-refractivity contribution >= 4 is 8.56 Å². The van der Waals surface area contributed by atoms with Gasteiger partial charge < -0.3 is 13.6 Å². The second kappa shape index (κ2) is 5.43. The van der Waals surface area contributed by atoms with E-state index in [4.69, 9.17) is 13.6 Å². The summed E-state index contributed by atoms with van der Waals surface area (Å²) in [5.74, 6) is 0.652. The minimum Gasteiger partial charge on any atom is -0.392 e. The zero-order chi connectivity index (χ0) is 11.5. The number of hydrogen-bond acceptors (Lipinski definition) is 3. The molecule has 4 heteroatoms. The SMILES string of the molecule is CC(C)O[Si](C)(CC1COC1)OC(C)C. The summed E-state index contributed by atoms with van der Waals surface area (Å²) in [4.78, 5) is 0. The summed E-state index contributed by atoms with van der Waals surface area (Å²) in [5, 5.41) is 0. The summed E-state index contributed by atoms with van der Waals surface area (Å²) in [7, 11) is -1.99. The van der Waals surface area contributed by atoms with Gasteiger partial charge in [0.1, 0.15) is 0 Å². The average molecular weight is 232 g/mol. The highest BCUT2D eigenvalue weighted by atomic mass is 28.4. The normalized spacial score (nSPS) is 18.6. The molecule has 0 bridgehead atoms. The molecule has 1 aliphatic heterocycles. The van der Waals surface area contributed by atoms with Crippen molar-refractivity contribution < 1.29 is 13.6 Å². The van der Waals surface area contributed by atoms with Crippen LogP contribution < -0.4 is 0 Å². The lowest BCUT2D eigenvalue weighted by atomic mass is 10.1. The van der Waals surface area contributed by atoms with Crippen molar-refractivity contribution in [3.8, 4) is 0 Å². The van der Waals surface area contributed by atoms with Gasteiger partial charge in [0.05, 0.1) is 13.2 Å². The maximum Gasteiger partial charge on any atom is 0.335 e. The molecule has 1 fully saturated rings. The van der Waals surface area contributed by atoms with E-state index in [1.165, 1.54) is 0 Å². The van der Waals surface area contributed by atoms with Gasteiger partial charge in [-0.1, -0.05) is 0 Å². The molecule has 0 aromatic carbocycles. The summed E-state index contributed by atoms with van der Waals surface area (Å²) in [5.41, 5.74) is 0. The van der Waals surface area contributed by atoms with Crippen LogP contribution in [0.1, 0.15) is 27.7 Å². The van der Waals surface area contributed by atoms with E-state index in [9.17, 15) is 0 Å². The third kappa shape index (κ3) is 4.63. The average Bonchev–Trinajstić information content (AvgIpc) is 1.93. The topological polar surface area (TPSA) is 27.7 Å². The fraction of sp³-hybridized carbons (Fsp3) is 1.00. The first-order chi connectivity index (χ1) is 6.91. The van der Waals surface area contributed by atoms with Gasteiger partial charge in [0.2, 0.25) is 0 Å². The zero-order valence-electron chi connectivity index (χ0n) is 10.6. The highest BCUT2D eigenvalue weighted by molar-refractivity contribution is 6.66. The molecule has 0 amide bonds. The summed E-state index contributed by atoms with van der Waals surface area (Å²) in [6.45, 7) is 12.2. The van der Waals surface area contributed by atoms with Crippen LogP contribution in [0.15, 0.2) is 0 Å². The van der Waals surface area contributed by atoms with E-state index in [1.54, 1.807) is 0 Å². The van der Waals surface area contributed by atoms with E-state index in [2.05, 4.69) is 34.2 Å². The largest absolute Gasteiger partial charge is 0.392 e. The predicted molar refractivity (Wildman–Crippen MR) is 63.2 cm³/mol. The molecule has 0 aromatic heterocycles. The van der Waals surface area contributed by atoms with Crippen LogP contribution in [0.2, 0.25) is 12.6 Å². The van der Waals surface area contributed by atoms with E-state index in [0.29, 0.717) is 5.92 Å². The fourth-order valence-electron chi connectivity index (χ4n) is 2.05. The molecule has 0 radical (unpaired) electrons. The minimum absolute atomic E-state index is 0.251. The first-order valence-electron chi connectivity index (χ1n) is 5.84. The van der Waals surface area contributed by atoms with Crippen molar-refractivity contribution in [2.45, 2.75) is 52.5 Å². The highest BCUT2D eigenvalue weighted by Gasteiger charge is 2.38. The molecule has 0 atom stereocenters. The molecule has 1 heterocycles. The van der Waals surface area contributed by atoms with Crippen LogP contribution in [-0.2, 0) is 13.6 Å². The van der Waals surface area contributed by atoms with Crippen LogP contribution in [-0.4, -0.2) is 34.0 Å². The van der Waals surface area contributed by atoms with E-state index in [1.807, 2.05) is 0 Å². The molecule has 0 aliphatic carbocycles. The monoisotopic (exact) mass is 232 g/mol. The quantitative estimate of drug-likeness (QED) is 0.659. The lowest BCUT2D eigenvalue weighted by molar-refractivity contribution is -0.0295. The smallest absolute Gasteiger partial charge is 0.335 e. The second-order valence-corrected chi connectivity index (χ2v) is 8.22. The highest BCUT2D eigenvalue weighted by Crippen LogP contribution is 2.27. The van der Waals surface area contributed by atoms with Crippen LogP contribution in [0, 0.1) is 5.92 Å². The fourth-order valence-corrected chi connectivity index (χ4v) is 5.57. The van der Waals surface area contributed by atoms with E-state index in [0.717, 1.165) is 19.3 Å². The Kier molecular flexibility index (Phi) is 4.77. The Balaban J connectivity index is 2.48. The van der Waals surface area contributed by atoms with Crippen LogP contribution in [0.4, 0.5) is 0 Å². The lowest BCUT2D eigenvalue weighted by Crippen LogP contribution is -2.47. The molecule has 0 unspecified atom stereocenters. The van der Waals surface area contributed by atoms with Gasteiger partial charge in [-0.3, -0.25) is 0 Å².